The number of hydrogen-bond donors (Lipinski definition) is 1. The Labute approximate surface area is 105 Å². The third-order valence-electron chi connectivity index (χ3n) is 3.28. The zero-order chi connectivity index (χ0) is 12.8. The zero-order valence-corrected chi connectivity index (χ0v) is 11.6. The van der Waals surface area contributed by atoms with Crippen molar-refractivity contribution in [2.75, 3.05) is 6.54 Å². The van der Waals surface area contributed by atoms with Crippen LogP contribution in [0.5, 0.6) is 0 Å². The largest absolute Gasteiger partial charge is 0.310 e. The summed E-state index contributed by atoms with van der Waals surface area (Å²) in [6, 6.07) is 0.358. The molecule has 1 N–H and O–H groups in total. The van der Waals surface area contributed by atoms with Crippen molar-refractivity contribution in [1.82, 2.24) is 15.1 Å². The lowest BCUT2D eigenvalue weighted by molar-refractivity contribution is 0.520. The lowest BCUT2D eigenvalue weighted by atomic mass is 9.99. The molecule has 3 nitrogen and oxygen atoms in total. The standard InChI is InChI=1S/C14H25N3/c1-6-8-15-14(9-11(3)7-2)13-10-16-17(5)12(13)4/h10,14-15H,3,6-9H2,1-2,4-5H3. The van der Waals surface area contributed by atoms with Gasteiger partial charge in [0, 0.05) is 24.3 Å². The molecule has 0 aliphatic rings. The van der Waals surface area contributed by atoms with Crippen molar-refractivity contribution >= 4 is 0 Å². The molecule has 0 aliphatic heterocycles. The number of rotatable bonds is 7. The predicted molar refractivity (Wildman–Crippen MR) is 73.0 cm³/mol. The van der Waals surface area contributed by atoms with Crippen molar-refractivity contribution in [1.29, 1.82) is 0 Å². The summed E-state index contributed by atoms with van der Waals surface area (Å²) in [6.45, 7) is 11.6. The van der Waals surface area contributed by atoms with Crippen molar-refractivity contribution < 1.29 is 0 Å². The molecule has 1 rings (SSSR count). The molecule has 1 unspecified atom stereocenters. The second-order valence-electron chi connectivity index (χ2n) is 4.62. The van der Waals surface area contributed by atoms with Crippen LogP contribution in [0.25, 0.3) is 0 Å². The van der Waals surface area contributed by atoms with Gasteiger partial charge in [-0.3, -0.25) is 4.68 Å². The lowest BCUT2D eigenvalue weighted by Gasteiger charge is -2.19. The van der Waals surface area contributed by atoms with E-state index >= 15 is 0 Å². The van der Waals surface area contributed by atoms with E-state index in [4.69, 9.17) is 0 Å². The molecule has 1 heterocycles. The van der Waals surface area contributed by atoms with Crippen LogP contribution in [0.15, 0.2) is 18.3 Å². The molecule has 0 bridgehead atoms. The number of nitrogens with zero attached hydrogens (tertiary/aromatic N) is 2. The van der Waals surface area contributed by atoms with Crippen LogP contribution in [0, 0.1) is 6.92 Å². The van der Waals surface area contributed by atoms with Gasteiger partial charge in [0.1, 0.15) is 0 Å². The molecule has 0 saturated carbocycles. The zero-order valence-electron chi connectivity index (χ0n) is 11.6. The maximum atomic E-state index is 4.33. The third-order valence-corrected chi connectivity index (χ3v) is 3.28. The van der Waals surface area contributed by atoms with E-state index < -0.39 is 0 Å². The first-order chi connectivity index (χ1) is 8.10. The van der Waals surface area contributed by atoms with E-state index in [1.165, 1.54) is 16.8 Å². The number of aryl methyl sites for hydroxylation is 1. The lowest BCUT2D eigenvalue weighted by Crippen LogP contribution is -2.23. The highest BCUT2D eigenvalue weighted by Crippen LogP contribution is 2.24. The van der Waals surface area contributed by atoms with Crippen molar-refractivity contribution in [2.24, 2.45) is 7.05 Å². The molecule has 0 spiro atoms. The van der Waals surface area contributed by atoms with E-state index in [-0.39, 0.29) is 0 Å². The summed E-state index contributed by atoms with van der Waals surface area (Å²) < 4.78 is 1.94. The van der Waals surface area contributed by atoms with E-state index in [9.17, 15) is 0 Å². The second kappa shape index (κ2) is 6.60. The fourth-order valence-corrected chi connectivity index (χ4v) is 1.90. The smallest absolute Gasteiger partial charge is 0.0540 e. The molecule has 0 aromatic carbocycles. The van der Waals surface area contributed by atoms with Crippen LogP contribution in [0.2, 0.25) is 0 Å². The summed E-state index contributed by atoms with van der Waals surface area (Å²) in [5, 5.41) is 7.92. The average molecular weight is 235 g/mol. The molecular weight excluding hydrogens is 210 g/mol. The number of hydrogen-bond acceptors (Lipinski definition) is 2. The van der Waals surface area contributed by atoms with Crippen molar-refractivity contribution in [2.45, 2.75) is 46.1 Å². The minimum atomic E-state index is 0.358. The van der Waals surface area contributed by atoms with Gasteiger partial charge in [0.25, 0.3) is 0 Å². The molecule has 0 amide bonds. The van der Waals surface area contributed by atoms with Gasteiger partial charge in [0.2, 0.25) is 0 Å². The topological polar surface area (TPSA) is 29.9 Å². The fraction of sp³-hybridized carbons (Fsp3) is 0.643. The minimum Gasteiger partial charge on any atom is -0.310 e. The molecule has 0 fully saturated rings. The van der Waals surface area contributed by atoms with Gasteiger partial charge in [-0.25, -0.2) is 0 Å². The Bertz CT molecular complexity index is 366. The van der Waals surface area contributed by atoms with Gasteiger partial charge in [-0.1, -0.05) is 26.0 Å². The molecule has 0 saturated heterocycles. The Balaban J connectivity index is 2.81. The maximum Gasteiger partial charge on any atom is 0.0540 e. The van der Waals surface area contributed by atoms with Crippen LogP contribution in [0.1, 0.15) is 50.4 Å². The van der Waals surface area contributed by atoms with E-state index in [2.05, 4.69) is 37.8 Å². The van der Waals surface area contributed by atoms with Crippen LogP contribution < -0.4 is 5.32 Å². The minimum absolute atomic E-state index is 0.358. The van der Waals surface area contributed by atoms with Gasteiger partial charge in [0.15, 0.2) is 0 Å². The van der Waals surface area contributed by atoms with Gasteiger partial charge in [-0.05, 0) is 32.7 Å². The highest BCUT2D eigenvalue weighted by Gasteiger charge is 2.16. The molecule has 3 heteroatoms. The van der Waals surface area contributed by atoms with Gasteiger partial charge < -0.3 is 5.32 Å². The molecule has 1 atom stereocenters. The molecule has 0 aliphatic carbocycles. The summed E-state index contributed by atoms with van der Waals surface area (Å²) in [5.41, 5.74) is 3.83. The van der Waals surface area contributed by atoms with E-state index in [1.807, 2.05) is 17.9 Å². The van der Waals surface area contributed by atoms with Crippen LogP contribution in [0.3, 0.4) is 0 Å². The maximum absolute atomic E-state index is 4.33. The van der Waals surface area contributed by atoms with Crippen molar-refractivity contribution in [3.63, 3.8) is 0 Å². The average Bonchev–Trinajstić information content (AvgIpc) is 2.65. The Morgan fingerprint density at radius 1 is 1.53 bits per heavy atom. The Hall–Kier alpha value is -1.09. The highest BCUT2D eigenvalue weighted by molar-refractivity contribution is 5.22. The summed E-state index contributed by atoms with van der Waals surface area (Å²) in [5.74, 6) is 0. The summed E-state index contributed by atoms with van der Waals surface area (Å²) >= 11 is 0. The first-order valence-corrected chi connectivity index (χ1v) is 6.48. The Morgan fingerprint density at radius 2 is 2.24 bits per heavy atom. The predicted octanol–water partition coefficient (Wildman–Crippen LogP) is 3.13. The van der Waals surface area contributed by atoms with Gasteiger partial charge in [-0.2, -0.15) is 5.10 Å². The van der Waals surface area contributed by atoms with Gasteiger partial charge in [0.05, 0.1) is 6.20 Å². The van der Waals surface area contributed by atoms with Gasteiger partial charge >= 0.3 is 0 Å². The van der Waals surface area contributed by atoms with Gasteiger partial charge in [-0.15, -0.1) is 0 Å². The molecular formula is C14H25N3. The van der Waals surface area contributed by atoms with Crippen LogP contribution in [-0.2, 0) is 7.05 Å². The first kappa shape index (κ1) is 14.0. The molecule has 96 valence electrons. The van der Waals surface area contributed by atoms with E-state index in [1.54, 1.807) is 0 Å². The van der Waals surface area contributed by atoms with E-state index in [0.29, 0.717) is 6.04 Å². The Kier molecular flexibility index (Phi) is 5.42. The molecule has 17 heavy (non-hydrogen) atoms. The van der Waals surface area contributed by atoms with E-state index in [0.717, 1.165) is 25.8 Å². The first-order valence-electron chi connectivity index (χ1n) is 6.48. The summed E-state index contributed by atoms with van der Waals surface area (Å²) in [4.78, 5) is 0. The fourth-order valence-electron chi connectivity index (χ4n) is 1.90. The van der Waals surface area contributed by atoms with Crippen LogP contribution in [0.4, 0.5) is 0 Å². The van der Waals surface area contributed by atoms with Crippen molar-refractivity contribution in [3.8, 4) is 0 Å². The van der Waals surface area contributed by atoms with Crippen molar-refractivity contribution in [3.05, 3.63) is 29.6 Å². The summed E-state index contributed by atoms with van der Waals surface area (Å²) in [6.07, 6.45) is 5.17. The SMILES string of the molecule is C=C(CC)CC(NCCC)c1cnn(C)c1C. The van der Waals surface area contributed by atoms with Crippen LogP contribution >= 0.6 is 0 Å². The third kappa shape index (κ3) is 3.70. The number of aromatic nitrogens is 2. The molecule has 0 radical (unpaired) electrons. The summed E-state index contributed by atoms with van der Waals surface area (Å²) in [7, 11) is 1.99. The Morgan fingerprint density at radius 3 is 2.71 bits per heavy atom. The molecule has 1 aromatic rings. The highest BCUT2D eigenvalue weighted by atomic mass is 15.3. The quantitative estimate of drug-likeness (QED) is 0.736. The monoisotopic (exact) mass is 235 g/mol. The normalized spacial score (nSPS) is 12.7. The molecule has 1 aromatic heterocycles. The number of nitrogens with one attached hydrogen (secondary N) is 1. The van der Waals surface area contributed by atoms with Crippen LogP contribution in [-0.4, -0.2) is 16.3 Å². The second-order valence-corrected chi connectivity index (χ2v) is 4.62.